The maximum absolute atomic E-state index is 12.6. The van der Waals surface area contributed by atoms with Gasteiger partial charge >= 0.3 is 0 Å². The van der Waals surface area contributed by atoms with Crippen LogP contribution in [0.5, 0.6) is 0 Å². The summed E-state index contributed by atoms with van der Waals surface area (Å²) in [6.45, 7) is 2.73. The maximum atomic E-state index is 12.6. The van der Waals surface area contributed by atoms with Crippen molar-refractivity contribution in [3.05, 3.63) is 29.1 Å². The van der Waals surface area contributed by atoms with Gasteiger partial charge < -0.3 is 10.6 Å². The van der Waals surface area contributed by atoms with Gasteiger partial charge in [-0.2, -0.15) is 0 Å². The van der Waals surface area contributed by atoms with Crippen molar-refractivity contribution in [2.45, 2.75) is 83.6 Å². The summed E-state index contributed by atoms with van der Waals surface area (Å²) in [7, 11) is 0. The van der Waals surface area contributed by atoms with Gasteiger partial charge in [0.1, 0.15) is 5.69 Å². The van der Waals surface area contributed by atoms with Gasteiger partial charge in [-0.1, -0.05) is 37.3 Å². The van der Waals surface area contributed by atoms with Crippen molar-refractivity contribution >= 4 is 11.9 Å². The van der Waals surface area contributed by atoms with Gasteiger partial charge in [-0.25, -0.2) is 9.97 Å². The highest BCUT2D eigenvalue weighted by Gasteiger charge is 2.17. The average molecular weight is 357 g/mol. The highest BCUT2D eigenvalue weighted by molar-refractivity contribution is 5.92. The standard InChI is InChI=1S/C21H32N4O/c1-16-15-19(20(26)24-18-11-7-2-3-8-12-18)25-21(23-16)22-14-13-17-9-5-4-6-10-17/h9,15,18H,2-8,10-14H2,1H3,(H,24,26)(H,22,23,25). The average Bonchev–Trinajstić information content (AvgIpc) is 2.91. The van der Waals surface area contributed by atoms with Gasteiger partial charge in [0.15, 0.2) is 0 Å². The lowest BCUT2D eigenvalue weighted by Crippen LogP contribution is -2.35. The molecule has 0 bridgehead atoms. The molecule has 0 unspecified atom stereocenters. The van der Waals surface area contributed by atoms with Crippen LogP contribution in [0, 0.1) is 6.92 Å². The molecule has 2 aliphatic rings. The first kappa shape index (κ1) is 18.9. The zero-order valence-corrected chi connectivity index (χ0v) is 16.0. The molecule has 1 amide bonds. The maximum Gasteiger partial charge on any atom is 0.270 e. The molecule has 1 aromatic rings. The molecule has 0 radical (unpaired) electrons. The van der Waals surface area contributed by atoms with Crippen molar-refractivity contribution in [1.29, 1.82) is 0 Å². The third-order valence-electron chi connectivity index (χ3n) is 5.39. The molecule has 1 saturated carbocycles. The molecular weight excluding hydrogens is 324 g/mol. The third kappa shape index (κ3) is 5.82. The topological polar surface area (TPSA) is 66.9 Å². The van der Waals surface area contributed by atoms with Crippen molar-refractivity contribution in [2.75, 3.05) is 11.9 Å². The van der Waals surface area contributed by atoms with Crippen molar-refractivity contribution in [3.8, 4) is 0 Å². The number of aromatic nitrogens is 2. The summed E-state index contributed by atoms with van der Waals surface area (Å²) in [6, 6.07) is 2.07. The van der Waals surface area contributed by atoms with E-state index in [0.717, 1.165) is 31.5 Å². The second kappa shape index (κ2) is 9.70. The predicted octanol–water partition coefficient (Wildman–Crippen LogP) is 4.54. The number of rotatable bonds is 6. The molecule has 142 valence electrons. The molecule has 3 rings (SSSR count). The van der Waals surface area contributed by atoms with Crippen molar-refractivity contribution in [1.82, 2.24) is 15.3 Å². The first-order valence-electron chi connectivity index (χ1n) is 10.3. The molecular formula is C21H32N4O. The van der Waals surface area contributed by atoms with E-state index in [1.807, 2.05) is 6.92 Å². The molecule has 0 aliphatic heterocycles. The summed E-state index contributed by atoms with van der Waals surface area (Å²) in [5.74, 6) is 0.493. The molecule has 0 spiro atoms. The van der Waals surface area contributed by atoms with Gasteiger partial charge in [0.25, 0.3) is 5.91 Å². The lowest BCUT2D eigenvalue weighted by molar-refractivity contribution is 0.0928. The number of hydrogen-bond acceptors (Lipinski definition) is 4. The lowest BCUT2D eigenvalue weighted by atomic mass is 9.97. The number of aryl methyl sites for hydroxylation is 1. The largest absolute Gasteiger partial charge is 0.354 e. The number of carbonyl (C=O) groups excluding carboxylic acids is 1. The van der Waals surface area contributed by atoms with Gasteiger partial charge in [-0.3, -0.25) is 4.79 Å². The molecule has 0 aromatic carbocycles. The van der Waals surface area contributed by atoms with E-state index in [4.69, 9.17) is 0 Å². The summed E-state index contributed by atoms with van der Waals surface area (Å²) < 4.78 is 0. The first-order valence-corrected chi connectivity index (χ1v) is 10.3. The van der Waals surface area contributed by atoms with Crippen LogP contribution >= 0.6 is 0 Å². The minimum atomic E-state index is -0.0690. The van der Waals surface area contributed by atoms with Gasteiger partial charge in [0, 0.05) is 18.3 Å². The van der Waals surface area contributed by atoms with Gasteiger partial charge in [0.05, 0.1) is 0 Å². The number of allylic oxidation sites excluding steroid dienone is 1. The Kier molecular flexibility index (Phi) is 7.04. The summed E-state index contributed by atoms with van der Waals surface area (Å²) >= 11 is 0. The highest BCUT2D eigenvalue weighted by Crippen LogP contribution is 2.20. The van der Waals surface area contributed by atoms with E-state index in [2.05, 4.69) is 26.7 Å². The summed E-state index contributed by atoms with van der Waals surface area (Å²) in [5, 5.41) is 6.47. The van der Waals surface area contributed by atoms with Gasteiger partial charge in [0.2, 0.25) is 5.95 Å². The van der Waals surface area contributed by atoms with Gasteiger partial charge in [-0.05, 0) is 57.9 Å². The Morgan fingerprint density at radius 3 is 2.65 bits per heavy atom. The second-order valence-electron chi connectivity index (χ2n) is 7.67. The zero-order valence-electron chi connectivity index (χ0n) is 16.0. The number of amides is 1. The molecule has 5 heteroatoms. The van der Waals surface area contributed by atoms with E-state index < -0.39 is 0 Å². The van der Waals surface area contributed by atoms with Crippen LogP contribution in [-0.4, -0.2) is 28.5 Å². The van der Waals surface area contributed by atoms with Crippen LogP contribution < -0.4 is 10.6 Å². The Balaban J connectivity index is 1.55. The third-order valence-corrected chi connectivity index (χ3v) is 5.39. The zero-order chi connectivity index (χ0) is 18.2. The fraction of sp³-hybridized carbons (Fsp3) is 0.667. The van der Waals surface area contributed by atoms with E-state index in [1.54, 1.807) is 6.07 Å². The fourth-order valence-electron chi connectivity index (χ4n) is 3.91. The normalized spacial score (nSPS) is 18.7. The van der Waals surface area contributed by atoms with Crippen molar-refractivity contribution in [3.63, 3.8) is 0 Å². The molecule has 5 nitrogen and oxygen atoms in total. The predicted molar refractivity (Wildman–Crippen MR) is 105 cm³/mol. The van der Waals surface area contributed by atoms with Crippen LogP contribution in [-0.2, 0) is 0 Å². The van der Waals surface area contributed by atoms with Crippen molar-refractivity contribution < 1.29 is 4.79 Å². The Morgan fingerprint density at radius 2 is 1.92 bits per heavy atom. The molecule has 2 aliphatic carbocycles. The molecule has 1 aromatic heterocycles. The Hall–Kier alpha value is -1.91. The minimum absolute atomic E-state index is 0.0690. The molecule has 26 heavy (non-hydrogen) atoms. The quantitative estimate of drug-likeness (QED) is 0.580. The number of nitrogens with zero attached hydrogens (tertiary/aromatic N) is 2. The number of hydrogen-bond donors (Lipinski definition) is 2. The summed E-state index contributed by atoms with van der Waals surface area (Å²) in [4.78, 5) is 21.5. The lowest BCUT2D eigenvalue weighted by Gasteiger charge is -2.16. The molecule has 1 heterocycles. The van der Waals surface area contributed by atoms with Crippen LogP contribution in [0.2, 0.25) is 0 Å². The highest BCUT2D eigenvalue weighted by atomic mass is 16.1. The van der Waals surface area contributed by atoms with Crippen LogP contribution in [0.4, 0.5) is 5.95 Å². The Bertz CT molecular complexity index is 633. The Labute approximate surface area is 157 Å². The molecule has 2 N–H and O–H groups in total. The molecule has 1 fully saturated rings. The number of carbonyl (C=O) groups is 1. The summed E-state index contributed by atoms with van der Waals surface area (Å²) in [6.07, 6.45) is 15.6. The van der Waals surface area contributed by atoms with Crippen LogP contribution in [0.3, 0.4) is 0 Å². The van der Waals surface area contributed by atoms with E-state index in [1.165, 1.54) is 56.9 Å². The minimum Gasteiger partial charge on any atom is -0.354 e. The van der Waals surface area contributed by atoms with E-state index >= 15 is 0 Å². The monoisotopic (exact) mass is 356 g/mol. The SMILES string of the molecule is Cc1cc(C(=O)NC2CCCCCC2)nc(NCCC2=CCCCC2)n1. The number of nitrogens with one attached hydrogen (secondary N) is 2. The second-order valence-corrected chi connectivity index (χ2v) is 7.67. The van der Waals surface area contributed by atoms with Crippen LogP contribution in [0.1, 0.15) is 86.8 Å². The molecule has 0 atom stereocenters. The Morgan fingerprint density at radius 1 is 1.12 bits per heavy atom. The van der Waals surface area contributed by atoms with Crippen molar-refractivity contribution in [2.24, 2.45) is 0 Å². The smallest absolute Gasteiger partial charge is 0.270 e. The van der Waals surface area contributed by atoms with Crippen LogP contribution in [0.15, 0.2) is 17.7 Å². The van der Waals surface area contributed by atoms with E-state index in [-0.39, 0.29) is 11.9 Å². The molecule has 0 saturated heterocycles. The summed E-state index contributed by atoms with van der Waals surface area (Å²) in [5.41, 5.74) is 2.83. The van der Waals surface area contributed by atoms with Crippen LogP contribution in [0.25, 0.3) is 0 Å². The van der Waals surface area contributed by atoms with E-state index in [0.29, 0.717) is 11.6 Å². The fourth-order valence-corrected chi connectivity index (χ4v) is 3.91. The van der Waals surface area contributed by atoms with Gasteiger partial charge in [-0.15, -0.1) is 0 Å². The number of anilines is 1. The van der Waals surface area contributed by atoms with E-state index in [9.17, 15) is 4.79 Å². The first-order chi connectivity index (χ1) is 12.7.